The lowest BCUT2D eigenvalue weighted by Gasteiger charge is -2.28. The van der Waals surface area contributed by atoms with Gasteiger partial charge in [-0.1, -0.05) is 18.2 Å². The van der Waals surface area contributed by atoms with Crippen molar-refractivity contribution in [1.29, 1.82) is 0 Å². The molecule has 2 heterocycles. The molecule has 4 heteroatoms. The van der Waals surface area contributed by atoms with Crippen molar-refractivity contribution in [3.05, 3.63) is 48.2 Å². The van der Waals surface area contributed by atoms with E-state index in [-0.39, 0.29) is 0 Å². The summed E-state index contributed by atoms with van der Waals surface area (Å²) < 4.78 is 0. The zero-order chi connectivity index (χ0) is 15.4. The molecule has 0 aliphatic carbocycles. The van der Waals surface area contributed by atoms with Crippen LogP contribution in [0.5, 0.6) is 0 Å². The Labute approximate surface area is 132 Å². The van der Waals surface area contributed by atoms with Gasteiger partial charge in [-0.2, -0.15) is 0 Å². The lowest BCUT2D eigenvalue weighted by Crippen LogP contribution is -2.43. The van der Waals surface area contributed by atoms with Crippen LogP contribution in [0, 0.1) is 0 Å². The van der Waals surface area contributed by atoms with Crippen molar-refractivity contribution in [1.82, 2.24) is 15.2 Å². The van der Waals surface area contributed by atoms with Gasteiger partial charge in [0.05, 0.1) is 0 Å². The SMILES string of the molecule is CN(C)Cc1cccc(-c2ccc(N3CCNCC3)nc2)c1. The number of hydrogen-bond donors (Lipinski definition) is 1. The lowest BCUT2D eigenvalue weighted by atomic mass is 10.0. The average Bonchev–Trinajstić information content (AvgIpc) is 2.55. The van der Waals surface area contributed by atoms with Gasteiger partial charge in [0.25, 0.3) is 0 Å². The van der Waals surface area contributed by atoms with E-state index >= 15 is 0 Å². The first-order chi connectivity index (χ1) is 10.7. The highest BCUT2D eigenvalue weighted by molar-refractivity contribution is 5.64. The van der Waals surface area contributed by atoms with E-state index in [2.05, 4.69) is 70.6 Å². The lowest BCUT2D eigenvalue weighted by molar-refractivity contribution is 0.402. The molecule has 0 saturated carbocycles. The minimum absolute atomic E-state index is 0.958. The van der Waals surface area contributed by atoms with E-state index in [1.54, 1.807) is 0 Å². The van der Waals surface area contributed by atoms with Crippen molar-refractivity contribution < 1.29 is 0 Å². The molecule has 3 rings (SSSR count). The summed E-state index contributed by atoms with van der Waals surface area (Å²) in [6, 6.07) is 13.0. The quantitative estimate of drug-likeness (QED) is 0.937. The molecule has 1 N–H and O–H groups in total. The molecule has 1 fully saturated rings. The molecule has 0 amide bonds. The van der Waals surface area contributed by atoms with Crippen LogP contribution in [-0.2, 0) is 6.54 Å². The largest absolute Gasteiger partial charge is 0.354 e. The number of nitrogens with one attached hydrogen (secondary N) is 1. The van der Waals surface area contributed by atoms with Crippen LogP contribution in [0.25, 0.3) is 11.1 Å². The van der Waals surface area contributed by atoms with Crippen LogP contribution in [0.3, 0.4) is 0 Å². The minimum atomic E-state index is 0.958. The molecular formula is C18H24N4. The Kier molecular flexibility index (Phi) is 4.71. The first-order valence-corrected chi connectivity index (χ1v) is 7.88. The fourth-order valence-electron chi connectivity index (χ4n) is 2.85. The van der Waals surface area contributed by atoms with E-state index in [1.807, 2.05) is 6.20 Å². The first kappa shape index (κ1) is 15.0. The Morgan fingerprint density at radius 1 is 1.09 bits per heavy atom. The van der Waals surface area contributed by atoms with Gasteiger partial charge in [-0.05, 0) is 43.4 Å². The van der Waals surface area contributed by atoms with Gasteiger partial charge in [-0.15, -0.1) is 0 Å². The highest BCUT2D eigenvalue weighted by Crippen LogP contribution is 2.22. The second-order valence-electron chi connectivity index (χ2n) is 6.08. The summed E-state index contributed by atoms with van der Waals surface area (Å²) in [4.78, 5) is 9.18. The van der Waals surface area contributed by atoms with Crippen molar-refractivity contribution >= 4 is 5.82 Å². The van der Waals surface area contributed by atoms with Crippen LogP contribution in [0.15, 0.2) is 42.6 Å². The molecule has 0 unspecified atom stereocenters. The number of benzene rings is 1. The number of aromatic nitrogens is 1. The van der Waals surface area contributed by atoms with Crippen LogP contribution in [0.2, 0.25) is 0 Å². The van der Waals surface area contributed by atoms with Crippen molar-refractivity contribution in [3.8, 4) is 11.1 Å². The van der Waals surface area contributed by atoms with Gasteiger partial charge >= 0.3 is 0 Å². The average molecular weight is 296 g/mol. The van der Waals surface area contributed by atoms with Crippen LogP contribution < -0.4 is 10.2 Å². The normalized spacial score (nSPS) is 15.3. The van der Waals surface area contributed by atoms with E-state index in [9.17, 15) is 0 Å². The molecule has 4 nitrogen and oxygen atoms in total. The third-order valence-corrected chi connectivity index (χ3v) is 3.95. The Hall–Kier alpha value is -1.91. The molecule has 0 radical (unpaired) electrons. The molecule has 0 spiro atoms. The monoisotopic (exact) mass is 296 g/mol. The van der Waals surface area contributed by atoms with E-state index in [1.165, 1.54) is 16.7 Å². The molecule has 1 aliphatic heterocycles. The summed E-state index contributed by atoms with van der Waals surface area (Å²) in [7, 11) is 4.19. The van der Waals surface area contributed by atoms with Crippen molar-refractivity contribution in [2.45, 2.75) is 6.54 Å². The molecule has 1 saturated heterocycles. The van der Waals surface area contributed by atoms with E-state index in [0.29, 0.717) is 0 Å². The van der Waals surface area contributed by atoms with E-state index < -0.39 is 0 Å². The topological polar surface area (TPSA) is 31.4 Å². The van der Waals surface area contributed by atoms with Crippen molar-refractivity contribution in [2.24, 2.45) is 0 Å². The zero-order valence-electron chi connectivity index (χ0n) is 13.4. The molecule has 0 atom stereocenters. The standard InChI is InChI=1S/C18H24N4/c1-21(2)14-15-4-3-5-16(12-15)17-6-7-18(20-13-17)22-10-8-19-9-11-22/h3-7,12-13,19H,8-11,14H2,1-2H3. The van der Waals surface area contributed by atoms with Crippen LogP contribution in [-0.4, -0.2) is 50.2 Å². The Bertz CT molecular complexity index is 601. The molecule has 1 aromatic heterocycles. The van der Waals surface area contributed by atoms with Gasteiger partial charge in [-0.25, -0.2) is 4.98 Å². The van der Waals surface area contributed by atoms with Gasteiger partial charge in [-0.3, -0.25) is 0 Å². The summed E-state index contributed by atoms with van der Waals surface area (Å²) in [5.74, 6) is 1.08. The van der Waals surface area contributed by atoms with Gasteiger partial charge in [0.15, 0.2) is 0 Å². The maximum atomic E-state index is 4.66. The van der Waals surface area contributed by atoms with Gasteiger partial charge in [0.2, 0.25) is 0 Å². The zero-order valence-corrected chi connectivity index (χ0v) is 13.4. The van der Waals surface area contributed by atoms with Crippen LogP contribution in [0.1, 0.15) is 5.56 Å². The fourth-order valence-corrected chi connectivity index (χ4v) is 2.85. The molecule has 1 aliphatic rings. The third-order valence-electron chi connectivity index (χ3n) is 3.95. The highest BCUT2D eigenvalue weighted by Gasteiger charge is 2.11. The molecule has 22 heavy (non-hydrogen) atoms. The number of pyridine rings is 1. The van der Waals surface area contributed by atoms with Crippen LogP contribution in [0.4, 0.5) is 5.82 Å². The fraction of sp³-hybridized carbons (Fsp3) is 0.389. The Morgan fingerprint density at radius 3 is 2.59 bits per heavy atom. The molecule has 1 aromatic carbocycles. The minimum Gasteiger partial charge on any atom is -0.354 e. The molecule has 2 aromatic rings. The maximum absolute atomic E-state index is 4.66. The number of rotatable bonds is 4. The summed E-state index contributed by atoms with van der Waals surface area (Å²) in [6.07, 6.45) is 1.99. The number of hydrogen-bond acceptors (Lipinski definition) is 4. The number of anilines is 1. The predicted molar refractivity (Wildman–Crippen MR) is 92.1 cm³/mol. The Balaban J connectivity index is 1.77. The van der Waals surface area contributed by atoms with Gasteiger partial charge in [0.1, 0.15) is 5.82 Å². The van der Waals surface area contributed by atoms with Crippen molar-refractivity contribution in [2.75, 3.05) is 45.2 Å². The third kappa shape index (κ3) is 3.64. The second-order valence-corrected chi connectivity index (χ2v) is 6.08. The Morgan fingerprint density at radius 2 is 1.91 bits per heavy atom. The summed E-state index contributed by atoms with van der Waals surface area (Å²) >= 11 is 0. The number of piperazine rings is 1. The van der Waals surface area contributed by atoms with Crippen LogP contribution >= 0.6 is 0 Å². The summed E-state index contributed by atoms with van der Waals surface area (Å²) in [6.45, 7) is 5.10. The second kappa shape index (κ2) is 6.90. The van der Waals surface area contributed by atoms with Gasteiger partial charge < -0.3 is 15.1 Å². The molecule has 116 valence electrons. The smallest absolute Gasteiger partial charge is 0.128 e. The molecule has 0 bridgehead atoms. The maximum Gasteiger partial charge on any atom is 0.128 e. The summed E-state index contributed by atoms with van der Waals surface area (Å²) in [5, 5.41) is 3.37. The predicted octanol–water partition coefficient (Wildman–Crippen LogP) is 2.22. The van der Waals surface area contributed by atoms with E-state index in [0.717, 1.165) is 38.5 Å². The van der Waals surface area contributed by atoms with E-state index in [4.69, 9.17) is 0 Å². The van der Waals surface area contributed by atoms with Gasteiger partial charge in [0, 0.05) is 44.5 Å². The molecular weight excluding hydrogens is 272 g/mol. The van der Waals surface area contributed by atoms with Crippen molar-refractivity contribution in [3.63, 3.8) is 0 Å². The number of nitrogens with zero attached hydrogens (tertiary/aromatic N) is 3. The first-order valence-electron chi connectivity index (χ1n) is 7.88. The highest BCUT2D eigenvalue weighted by atomic mass is 15.2. The summed E-state index contributed by atoms with van der Waals surface area (Å²) in [5.41, 5.74) is 3.74.